The van der Waals surface area contributed by atoms with Gasteiger partial charge in [-0.15, -0.1) is 0 Å². The highest BCUT2D eigenvalue weighted by Gasteiger charge is 2.16. The lowest BCUT2D eigenvalue weighted by Crippen LogP contribution is -2.22. The number of allylic oxidation sites excluding steroid dienone is 1. The van der Waals surface area contributed by atoms with Crippen LogP contribution in [-0.2, 0) is 14.3 Å². The Balaban J connectivity index is 2.45. The van der Waals surface area contributed by atoms with Crippen molar-refractivity contribution in [3.8, 4) is 0 Å². The number of ether oxygens (including phenoxy) is 2. The molecule has 0 spiro atoms. The number of esters is 1. The normalized spacial score (nSPS) is 20.1. The predicted octanol–water partition coefficient (Wildman–Crippen LogP) is 2.02. The van der Waals surface area contributed by atoms with Gasteiger partial charge in [0, 0.05) is 6.42 Å². The van der Waals surface area contributed by atoms with Gasteiger partial charge in [-0.05, 0) is 27.2 Å². The zero-order valence-electron chi connectivity index (χ0n) is 8.42. The quantitative estimate of drug-likeness (QED) is 0.462. The molecule has 1 heterocycles. The van der Waals surface area contributed by atoms with Crippen LogP contribution >= 0.6 is 0 Å². The van der Waals surface area contributed by atoms with E-state index in [1.54, 1.807) is 0 Å². The van der Waals surface area contributed by atoms with Gasteiger partial charge in [0.25, 0.3) is 0 Å². The highest BCUT2D eigenvalue weighted by atomic mass is 16.6. The van der Waals surface area contributed by atoms with Gasteiger partial charge < -0.3 is 9.47 Å². The number of rotatable bonds is 1. The molecule has 1 fully saturated rings. The molecule has 3 heteroatoms. The molecule has 0 aromatic carbocycles. The van der Waals surface area contributed by atoms with Crippen molar-refractivity contribution in [1.29, 1.82) is 0 Å². The Morgan fingerprint density at radius 2 is 2.23 bits per heavy atom. The van der Waals surface area contributed by atoms with Crippen LogP contribution in [-0.4, -0.2) is 18.2 Å². The van der Waals surface area contributed by atoms with Crippen molar-refractivity contribution in [3.05, 3.63) is 11.8 Å². The average molecular weight is 184 g/mol. The minimum absolute atomic E-state index is 0.315. The third-order valence-electron chi connectivity index (χ3n) is 1.54. The Bertz CT molecular complexity index is 215. The van der Waals surface area contributed by atoms with E-state index >= 15 is 0 Å². The standard InChI is InChI=1S/C10H16O3/c1-10(2,3)13-9(11)7-8-5-4-6-12-8/h7H,4-6H2,1-3H3/b8-7+. The zero-order chi connectivity index (χ0) is 9.90. The molecule has 1 rings (SSSR count). The second-order valence-corrected chi connectivity index (χ2v) is 4.10. The van der Waals surface area contributed by atoms with Gasteiger partial charge in [0.1, 0.15) is 11.4 Å². The smallest absolute Gasteiger partial charge is 0.334 e. The van der Waals surface area contributed by atoms with E-state index in [4.69, 9.17) is 9.47 Å². The number of hydrogen-bond donors (Lipinski definition) is 0. The summed E-state index contributed by atoms with van der Waals surface area (Å²) in [5.74, 6) is 0.429. The molecule has 13 heavy (non-hydrogen) atoms. The molecule has 0 saturated carbocycles. The van der Waals surface area contributed by atoms with Gasteiger partial charge in [0.2, 0.25) is 0 Å². The molecule has 0 aromatic heterocycles. The molecule has 0 aromatic rings. The van der Waals surface area contributed by atoms with Crippen molar-refractivity contribution in [2.24, 2.45) is 0 Å². The van der Waals surface area contributed by atoms with Gasteiger partial charge in [-0.2, -0.15) is 0 Å². The molecule has 0 radical (unpaired) electrons. The predicted molar refractivity (Wildman–Crippen MR) is 49.1 cm³/mol. The second-order valence-electron chi connectivity index (χ2n) is 4.10. The van der Waals surface area contributed by atoms with Crippen molar-refractivity contribution < 1.29 is 14.3 Å². The van der Waals surface area contributed by atoms with Crippen LogP contribution < -0.4 is 0 Å². The SMILES string of the molecule is CC(C)(C)OC(=O)/C=C1\CCCO1. The van der Waals surface area contributed by atoms with Crippen LogP contribution in [0.2, 0.25) is 0 Å². The summed E-state index contributed by atoms with van der Waals surface area (Å²) >= 11 is 0. The van der Waals surface area contributed by atoms with Crippen molar-refractivity contribution in [3.63, 3.8) is 0 Å². The molecule has 1 aliphatic rings. The minimum atomic E-state index is -0.424. The molecule has 0 atom stereocenters. The molecule has 0 aliphatic carbocycles. The van der Waals surface area contributed by atoms with Crippen molar-refractivity contribution in [2.75, 3.05) is 6.61 Å². The van der Waals surface area contributed by atoms with Gasteiger partial charge in [-0.25, -0.2) is 4.79 Å². The van der Waals surface area contributed by atoms with E-state index in [1.807, 2.05) is 20.8 Å². The fourth-order valence-electron chi connectivity index (χ4n) is 1.10. The molecule has 1 aliphatic heterocycles. The molecule has 74 valence electrons. The Hall–Kier alpha value is -0.990. The van der Waals surface area contributed by atoms with E-state index in [2.05, 4.69) is 0 Å². The van der Waals surface area contributed by atoms with E-state index < -0.39 is 5.60 Å². The Kier molecular flexibility index (Phi) is 2.96. The topological polar surface area (TPSA) is 35.5 Å². The van der Waals surface area contributed by atoms with Crippen molar-refractivity contribution in [2.45, 2.75) is 39.2 Å². The lowest BCUT2D eigenvalue weighted by atomic mass is 10.2. The van der Waals surface area contributed by atoms with E-state index in [0.717, 1.165) is 18.6 Å². The van der Waals surface area contributed by atoms with Crippen LogP contribution in [0.25, 0.3) is 0 Å². The summed E-state index contributed by atoms with van der Waals surface area (Å²) in [5, 5.41) is 0. The fourth-order valence-corrected chi connectivity index (χ4v) is 1.10. The zero-order valence-corrected chi connectivity index (χ0v) is 8.42. The number of carbonyl (C=O) groups excluding carboxylic acids is 1. The molecule has 0 bridgehead atoms. The van der Waals surface area contributed by atoms with Gasteiger partial charge >= 0.3 is 5.97 Å². The Morgan fingerprint density at radius 1 is 1.54 bits per heavy atom. The van der Waals surface area contributed by atoms with E-state index in [1.165, 1.54) is 6.08 Å². The molecule has 3 nitrogen and oxygen atoms in total. The van der Waals surface area contributed by atoms with Gasteiger partial charge in [0.15, 0.2) is 0 Å². The lowest BCUT2D eigenvalue weighted by molar-refractivity contribution is -0.148. The lowest BCUT2D eigenvalue weighted by Gasteiger charge is -2.18. The first-order valence-corrected chi connectivity index (χ1v) is 4.54. The maximum Gasteiger partial charge on any atom is 0.334 e. The van der Waals surface area contributed by atoms with Crippen LogP contribution in [0, 0.1) is 0 Å². The van der Waals surface area contributed by atoms with Crippen LogP contribution in [0.4, 0.5) is 0 Å². The fraction of sp³-hybridized carbons (Fsp3) is 0.700. The monoisotopic (exact) mass is 184 g/mol. The van der Waals surface area contributed by atoms with Crippen molar-refractivity contribution >= 4 is 5.97 Å². The highest BCUT2D eigenvalue weighted by molar-refractivity contribution is 5.82. The summed E-state index contributed by atoms with van der Waals surface area (Å²) in [4.78, 5) is 11.2. The third kappa shape index (κ3) is 3.97. The Labute approximate surface area is 78.7 Å². The first-order chi connectivity index (χ1) is 5.97. The highest BCUT2D eigenvalue weighted by Crippen LogP contribution is 2.16. The van der Waals surface area contributed by atoms with E-state index in [9.17, 15) is 4.79 Å². The number of carbonyl (C=O) groups is 1. The summed E-state index contributed by atoms with van der Waals surface area (Å²) in [6.45, 7) is 6.26. The first kappa shape index (κ1) is 10.1. The van der Waals surface area contributed by atoms with Gasteiger partial charge in [-0.1, -0.05) is 0 Å². The van der Waals surface area contributed by atoms with Crippen LogP contribution in [0.1, 0.15) is 33.6 Å². The van der Waals surface area contributed by atoms with Gasteiger partial charge in [0.05, 0.1) is 12.7 Å². The minimum Gasteiger partial charge on any atom is -0.498 e. The van der Waals surface area contributed by atoms with Crippen LogP contribution in [0.5, 0.6) is 0 Å². The third-order valence-corrected chi connectivity index (χ3v) is 1.54. The van der Waals surface area contributed by atoms with Crippen molar-refractivity contribution in [1.82, 2.24) is 0 Å². The second kappa shape index (κ2) is 3.81. The van der Waals surface area contributed by atoms with Crippen LogP contribution in [0.3, 0.4) is 0 Å². The molecule has 0 N–H and O–H groups in total. The summed E-state index contributed by atoms with van der Waals surface area (Å²) in [5.41, 5.74) is -0.424. The molecular weight excluding hydrogens is 168 g/mol. The maximum atomic E-state index is 11.2. The van der Waals surface area contributed by atoms with Crippen LogP contribution in [0.15, 0.2) is 11.8 Å². The molecular formula is C10H16O3. The molecule has 1 saturated heterocycles. The average Bonchev–Trinajstić information content (AvgIpc) is 2.34. The Morgan fingerprint density at radius 3 is 2.69 bits per heavy atom. The van der Waals surface area contributed by atoms with Gasteiger partial charge in [-0.3, -0.25) is 0 Å². The number of hydrogen-bond acceptors (Lipinski definition) is 3. The summed E-state index contributed by atoms with van der Waals surface area (Å²) in [6, 6.07) is 0. The largest absolute Gasteiger partial charge is 0.498 e. The summed E-state index contributed by atoms with van der Waals surface area (Å²) < 4.78 is 10.3. The van der Waals surface area contributed by atoms with E-state index in [0.29, 0.717) is 6.61 Å². The summed E-state index contributed by atoms with van der Waals surface area (Å²) in [7, 11) is 0. The van der Waals surface area contributed by atoms with E-state index in [-0.39, 0.29) is 5.97 Å². The molecule has 0 amide bonds. The first-order valence-electron chi connectivity index (χ1n) is 4.54. The summed E-state index contributed by atoms with van der Waals surface area (Å²) in [6.07, 6.45) is 3.28. The maximum absolute atomic E-state index is 11.2. The molecule has 0 unspecified atom stereocenters.